The third-order valence-corrected chi connectivity index (χ3v) is 3.76. The molecule has 0 radical (unpaired) electrons. The van der Waals surface area contributed by atoms with Crippen molar-refractivity contribution in [3.8, 4) is 0 Å². The summed E-state index contributed by atoms with van der Waals surface area (Å²) in [4.78, 5) is 14.4. The third kappa shape index (κ3) is 5.10. The van der Waals surface area contributed by atoms with Crippen molar-refractivity contribution in [1.82, 2.24) is 4.90 Å². The van der Waals surface area contributed by atoms with Crippen molar-refractivity contribution in [2.24, 2.45) is 11.1 Å². The van der Waals surface area contributed by atoms with Crippen LogP contribution in [0.4, 0.5) is 0 Å². The first-order chi connectivity index (χ1) is 8.89. The molecule has 1 rings (SSSR count). The average molecular weight is 374 g/mol. The quantitative estimate of drug-likeness (QED) is 0.778. The molecule has 0 aliphatic carbocycles. The standard InChI is InChI=1S/C15H23IN2O/c1-4-9-18(11-15(2,3)10-17)14(19)12-5-7-13(16)8-6-12/h5-8H,4,9-11,17H2,1-3H3. The number of amides is 1. The molecule has 3 nitrogen and oxygen atoms in total. The summed E-state index contributed by atoms with van der Waals surface area (Å²) in [7, 11) is 0. The van der Waals surface area contributed by atoms with E-state index >= 15 is 0 Å². The van der Waals surface area contributed by atoms with Gasteiger partial charge in [-0.2, -0.15) is 0 Å². The molecular formula is C15H23IN2O. The first-order valence-corrected chi connectivity index (χ1v) is 7.72. The van der Waals surface area contributed by atoms with Gasteiger partial charge in [0.05, 0.1) is 0 Å². The maximum absolute atomic E-state index is 12.5. The largest absolute Gasteiger partial charge is 0.338 e. The summed E-state index contributed by atoms with van der Waals surface area (Å²) in [5, 5.41) is 0. The molecule has 1 aromatic carbocycles. The lowest BCUT2D eigenvalue weighted by Crippen LogP contribution is -2.42. The highest BCUT2D eigenvalue weighted by Gasteiger charge is 2.23. The minimum atomic E-state index is -0.0476. The number of hydrogen-bond donors (Lipinski definition) is 1. The van der Waals surface area contributed by atoms with Crippen molar-refractivity contribution < 1.29 is 4.79 Å². The van der Waals surface area contributed by atoms with Crippen LogP contribution in [-0.4, -0.2) is 30.4 Å². The number of halogens is 1. The fraction of sp³-hybridized carbons (Fsp3) is 0.533. The van der Waals surface area contributed by atoms with Gasteiger partial charge in [-0.1, -0.05) is 20.8 Å². The lowest BCUT2D eigenvalue weighted by Gasteiger charge is -2.31. The summed E-state index contributed by atoms with van der Waals surface area (Å²) in [5.74, 6) is 0.0970. The summed E-state index contributed by atoms with van der Waals surface area (Å²) >= 11 is 2.24. The van der Waals surface area contributed by atoms with E-state index in [-0.39, 0.29) is 11.3 Å². The number of carbonyl (C=O) groups excluding carboxylic acids is 1. The van der Waals surface area contributed by atoms with Crippen LogP contribution < -0.4 is 5.73 Å². The van der Waals surface area contributed by atoms with Crippen molar-refractivity contribution in [2.45, 2.75) is 27.2 Å². The number of rotatable bonds is 6. The molecule has 0 aliphatic rings. The van der Waals surface area contributed by atoms with Crippen molar-refractivity contribution in [3.63, 3.8) is 0 Å². The molecule has 106 valence electrons. The van der Waals surface area contributed by atoms with Gasteiger partial charge in [-0.3, -0.25) is 4.79 Å². The summed E-state index contributed by atoms with van der Waals surface area (Å²) in [6.45, 7) is 8.32. The Kier molecular flexibility index (Phi) is 6.26. The maximum atomic E-state index is 12.5. The summed E-state index contributed by atoms with van der Waals surface area (Å²) in [6, 6.07) is 7.71. The molecule has 0 saturated heterocycles. The van der Waals surface area contributed by atoms with E-state index in [1.165, 1.54) is 0 Å². The summed E-state index contributed by atoms with van der Waals surface area (Å²) in [5.41, 5.74) is 6.47. The van der Waals surface area contributed by atoms with Crippen LogP contribution in [0.3, 0.4) is 0 Å². The average Bonchev–Trinajstić information content (AvgIpc) is 2.38. The van der Waals surface area contributed by atoms with Crippen LogP contribution in [0.25, 0.3) is 0 Å². The van der Waals surface area contributed by atoms with Gasteiger partial charge in [0, 0.05) is 22.2 Å². The van der Waals surface area contributed by atoms with Gasteiger partial charge in [0.15, 0.2) is 0 Å². The van der Waals surface area contributed by atoms with Gasteiger partial charge in [-0.15, -0.1) is 0 Å². The molecule has 0 atom stereocenters. The van der Waals surface area contributed by atoms with Gasteiger partial charge in [0.2, 0.25) is 0 Å². The van der Waals surface area contributed by atoms with E-state index in [4.69, 9.17) is 5.73 Å². The second kappa shape index (κ2) is 7.24. The Balaban J connectivity index is 2.86. The van der Waals surface area contributed by atoms with E-state index in [0.29, 0.717) is 13.1 Å². The zero-order chi connectivity index (χ0) is 14.5. The van der Waals surface area contributed by atoms with Crippen LogP contribution >= 0.6 is 22.6 Å². The van der Waals surface area contributed by atoms with Gasteiger partial charge in [0.1, 0.15) is 0 Å². The lowest BCUT2D eigenvalue weighted by atomic mass is 9.92. The Morgan fingerprint density at radius 2 is 1.89 bits per heavy atom. The topological polar surface area (TPSA) is 46.3 Å². The van der Waals surface area contributed by atoms with Crippen molar-refractivity contribution in [2.75, 3.05) is 19.6 Å². The van der Waals surface area contributed by atoms with Gasteiger partial charge >= 0.3 is 0 Å². The molecule has 0 aliphatic heterocycles. The highest BCUT2D eigenvalue weighted by atomic mass is 127. The summed E-state index contributed by atoms with van der Waals surface area (Å²) < 4.78 is 1.14. The smallest absolute Gasteiger partial charge is 0.253 e. The zero-order valence-electron chi connectivity index (χ0n) is 11.9. The predicted molar refractivity (Wildman–Crippen MR) is 88.2 cm³/mol. The third-order valence-electron chi connectivity index (χ3n) is 3.04. The Labute approximate surface area is 129 Å². The molecule has 1 aromatic rings. The molecular weight excluding hydrogens is 351 g/mol. The predicted octanol–water partition coefficient (Wildman–Crippen LogP) is 3.13. The molecule has 0 fully saturated rings. The zero-order valence-corrected chi connectivity index (χ0v) is 14.1. The Hall–Kier alpha value is -0.620. The van der Waals surface area contributed by atoms with Crippen LogP contribution in [0, 0.1) is 8.99 Å². The number of nitrogens with two attached hydrogens (primary N) is 1. The van der Waals surface area contributed by atoms with Gasteiger partial charge in [0.25, 0.3) is 5.91 Å². The van der Waals surface area contributed by atoms with E-state index in [1.54, 1.807) is 0 Å². The van der Waals surface area contributed by atoms with Gasteiger partial charge < -0.3 is 10.6 Å². The molecule has 0 saturated carbocycles. The lowest BCUT2D eigenvalue weighted by molar-refractivity contribution is 0.0689. The normalized spacial score (nSPS) is 11.4. The van der Waals surface area contributed by atoms with Crippen molar-refractivity contribution in [3.05, 3.63) is 33.4 Å². The maximum Gasteiger partial charge on any atom is 0.253 e. The van der Waals surface area contributed by atoms with E-state index in [2.05, 4.69) is 43.4 Å². The molecule has 19 heavy (non-hydrogen) atoms. The van der Waals surface area contributed by atoms with E-state index in [1.807, 2.05) is 29.2 Å². The molecule has 0 unspecified atom stereocenters. The van der Waals surface area contributed by atoms with Crippen LogP contribution in [0.5, 0.6) is 0 Å². The number of benzene rings is 1. The van der Waals surface area contributed by atoms with Crippen molar-refractivity contribution in [1.29, 1.82) is 0 Å². The molecule has 2 N–H and O–H groups in total. The minimum Gasteiger partial charge on any atom is -0.338 e. The second-order valence-corrected chi connectivity index (χ2v) is 6.85. The van der Waals surface area contributed by atoms with Gasteiger partial charge in [-0.25, -0.2) is 0 Å². The Bertz CT molecular complexity index is 415. The van der Waals surface area contributed by atoms with E-state index in [0.717, 1.165) is 22.1 Å². The van der Waals surface area contributed by atoms with E-state index in [9.17, 15) is 4.79 Å². The Morgan fingerprint density at radius 1 is 1.32 bits per heavy atom. The van der Waals surface area contributed by atoms with Crippen LogP contribution in [0.1, 0.15) is 37.6 Å². The molecule has 0 aromatic heterocycles. The SMILES string of the molecule is CCCN(CC(C)(C)CN)C(=O)c1ccc(I)cc1. The van der Waals surface area contributed by atoms with Crippen LogP contribution in [-0.2, 0) is 0 Å². The fourth-order valence-electron chi connectivity index (χ4n) is 1.88. The number of carbonyl (C=O) groups is 1. The number of nitrogens with zero attached hydrogens (tertiary/aromatic N) is 1. The molecule has 0 spiro atoms. The second-order valence-electron chi connectivity index (χ2n) is 5.60. The minimum absolute atomic E-state index is 0.0476. The fourth-order valence-corrected chi connectivity index (χ4v) is 2.24. The molecule has 4 heteroatoms. The monoisotopic (exact) mass is 374 g/mol. The van der Waals surface area contributed by atoms with Crippen LogP contribution in [0.2, 0.25) is 0 Å². The molecule has 0 bridgehead atoms. The van der Waals surface area contributed by atoms with Crippen molar-refractivity contribution >= 4 is 28.5 Å². The van der Waals surface area contributed by atoms with E-state index < -0.39 is 0 Å². The highest BCUT2D eigenvalue weighted by Crippen LogP contribution is 2.18. The first-order valence-electron chi connectivity index (χ1n) is 6.64. The molecule has 0 heterocycles. The summed E-state index contributed by atoms with van der Waals surface area (Å²) in [6.07, 6.45) is 0.955. The van der Waals surface area contributed by atoms with Gasteiger partial charge in [-0.05, 0) is 65.2 Å². The van der Waals surface area contributed by atoms with Crippen LogP contribution in [0.15, 0.2) is 24.3 Å². The number of hydrogen-bond acceptors (Lipinski definition) is 2. The highest BCUT2D eigenvalue weighted by molar-refractivity contribution is 14.1. The first kappa shape index (κ1) is 16.4. The molecule has 1 amide bonds. The Morgan fingerprint density at radius 3 is 2.37 bits per heavy atom.